The first-order valence-corrected chi connectivity index (χ1v) is 12.2. The standard InChI is InChI=1S/C26H15ClF8N4O4/c1-38-20-16(39(23(38)42)8-24(30,31)32)7-11(17-12(21(36)40)4-10(29)6-14(17)26(33,34)35)19-18(20)22(41)37-25(19,43)13-5-9(28)2-3-15(13)27/h2-7,43H,8H2,1H3,(H2,36,40)(H,37,41). The average molecular weight is 635 g/mol. The lowest BCUT2D eigenvalue weighted by Gasteiger charge is -2.29. The lowest BCUT2D eigenvalue weighted by atomic mass is 9.83. The maximum absolute atomic E-state index is 14.4. The normalized spacial score (nSPS) is 17.0. The van der Waals surface area contributed by atoms with Gasteiger partial charge in [0.1, 0.15) is 18.2 Å². The lowest BCUT2D eigenvalue weighted by Crippen LogP contribution is -2.41. The number of carbonyl (C=O) groups excluding carboxylic acids is 2. The van der Waals surface area contributed by atoms with E-state index < -0.39 is 109 Å². The molecule has 0 radical (unpaired) electrons. The van der Waals surface area contributed by atoms with E-state index in [1.807, 2.05) is 0 Å². The number of primary amides is 1. The molecule has 1 aliphatic heterocycles. The molecule has 1 unspecified atom stereocenters. The van der Waals surface area contributed by atoms with Crippen LogP contribution in [-0.4, -0.2) is 32.2 Å². The number of aryl methyl sites for hydroxylation is 1. The summed E-state index contributed by atoms with van der Waals surface area (Å²) in [5.41, 5.74) is -7.85. The molecule has 2 heterocycles. The van der Waals surface area contributed by atoms with E-state index in [-0.39, 0.29) is 10.6 Å². The number of nitrogens with two attached hydrogens (primary N) is 1. The number of aromatic nitrogens is 2. The molecule has 0 aliphatic carbocycles. The molecule has 0 bridgehead atoms. The van der Waals surface area contributed by atoms with Crippen molar-refractivity contribution in [3.63, 3.8) is 0 Å². The summed E-state index contributed by atoms with van der Waals surface area (Å²) in [6, 6.07) is 3.29. The van der Waals surface area contributed by atoms with E-state index in [0.29, 0.717) is 22.8 Å². The summed E-state index contributed by atoms with van der Waals surface area (Å²) in [6.45, 7) is -1.96. The second kappa shape index (κ2) is 9.54. The lowest BCUT2D eigenvalue weighted by molar-refractivity contribution is -0.140. The molecule has 0 saturated carbocycles. The van der Waals surface area contributed by atoms with E-state index >= 15 is 0 Å². The van der Waals surface area contributed by atoms with Gasteiger partial charge in [-0.2, -0.15) is 26.3 Å². The van der Waals surface area contributed by atoms with E-state index in [9.17, 15) is 54.6 Å². The van der Waals surface area contributed by atoms with Crippen LogP contribution in [0.15, 0.2) is 41.2 Å². The third-order valence-corrected chi connectivity index (χ3v) is 7.24. The molecule has 2 amide bonds. The Morgan fingerprint density at radius 3 is 2.26 bits per heavy atom. The second-order valence-electron chi connectivity index (χ2n) is 9.61. The van der Waals surface area contributed by atoms with Crippen LogP contribution >= 0.6 is 11.6 Å². The van der Waals surface area contributed by atoms with Gasteiger partial charge in [0.2, 0.25) is 5.91 Å². The van der Waals surface area contributed by atoms with Gasteiger partial charge in [-0.05, 0) is 42.0 Å². The van der Waals surface area contributed by atoms with Gasteiger partial charge in [-0.3, -0.25) is 18.7 Å². The molecule has 0 saturated heterocycles. The number of benzene rings is 3. The van der Waals surface area contributed by atoms with Crippen molar-refractivity contribution >= 4 is 34.4 Å². The van der Waals surface area contributed by atoms with Gasteiger partial charge in [-0.25, -0.2) is 13.6 Å². The van der Waals surface area contributed by atoms with Gasteiger partial charge >= 0.3 is 18.0 Å². The fraction of sp³-hybridized carbons (Fsp3) is 0.192. The maximum Gasteiger partial charge on any atom is 0.417 e. The minimum absolute atomic E-state index is 0.0371. The zero-order chi connectivity index (χ0) is 32.0. The number of hydrogen-bond acceptors (Lipinski definition) is 4. The number of fused-ring (bicyclic) bond motifs is 3. The van der Waals surface area contributed by atoms with E-state index in [1.165, 1.54) is 0 Å². The Hall–Kier alpha value is -4.44. The summed E-state index contributed by atoms with van der Waals surface area (Å²) in [5, 5.41) is 13.5. The molecule has 1 aliphatic rings. The Morgan fingerprint density at radius 1 is 1.02 bits per heavy atom. The van der Waals surface area contributed by atoms with Crippen LogP contribution in [0.4, 0.5) is 35.1 Å². The summed E-state index contributed by atoms with van der Waals surface area (Å²) < 4.78 is 113. The van der Waals surface area contributed by atoms with Crippen LogP contribution in [0.2, 0.25) is 5.02 Å². The number of halogens is 9. The predicted molar refractivity (Wildman–Crippen MR) is 134 cm³/mol. The molecule has 43 heavy (non-hydrogen) atoms. The molecule has 17 heteroatoms. The van der Waals surface area contributed by atoms with Crippen molar-refractivity contribution in [1.82, 2.24) is 14.5 Å². The Bertz CT molecular complexity index is 1950. The van der Waals surface area contributed by atoms with Crippen molar-refractivity contribution < 1.29 is 49.8 Å². The van der Waals surface area contributed by atoms with Gasteiger partial charge in [-0.15, -0.1) is 0 Å². The number of nitrogens with zero attached hydrogens (tertiary/aromatic N) is 2. The summed E-state index contributed by atoms with van der Waals surface area (Å²) in [5.74, 6) is -5.55. The molecule has 8 nitrogen and oxygen atoms in total. The van der Waals surface area contributed by atoms with Gasteiger partial charge in [0, 0.05) is 28.8 Å². The summed E-state index contributed by atoms with van der Waals surface area (Å²) >= 11 is 6.17. The first-order valence-electron chi connectivity index (χ1n) is 11.8. The zero-order valence-corrected chi connectivity index (χ0v) is 22.0. The molecular formula is C26H15ClF8N4O4. The quantitative estimate of drug-likeness (QED) is 0.285. The van der Waals surface area contributed by atoms with E-state index in [0.717, 1.165) is 19.2 Å². The minimum atomic E-state index is -5.45. The highest BCUT2D eigenvalue weighted by atomic mass is 35.5. The number of hydrogen-bond donors (Lipinski definition) is 3. The first-order chi connectivity index (χ1) is 19.8. The molecule has 5 rings (SSSR count). The minimum Gasteiger partial charge on any atom is -0.366 e. The monoisotopic (exact) mass is 634 g/mol. The largest absolute Gasteiger partial charge is 0.417 e. The van der Waals surface area contributed by atoms with Gasteiger partial charge in [0.05, 0.1) is 27.7 Å². The molecule has 0 fully saturated rings. The molecule has 0 spiro atoms. The Balaban J connectivity index is 2.09. The van der Waals surface area contributed by atoms with Crippen LogP contribution in [-0.2, 0) is 25.5 Å². The van der Waals surface area contributed by atoms with Gasteiger partial charge in [0.25, 0.3) is 5.91 Å². The molecule has 1 aromatic heterocycles. The van der Waals surface area contributed by atoms with E-state index in [1.54, 1.807) is 0 Å². The van der Waals surface area contributed by atoms with Crippen molar-refractivity contribution in [3.8, 4) is 11.1 Å². The Labute approximate surface area is 238 Å². The molecule has 226 valence electrons. The summed E-state index contributed by atoms with van der Waals surface area (Å²) in [6.07, 6.45) is -10.5. The molecular weight excluding hydrogens is 620 g/mol. The smallest absolute Gasteiger partial charge is 0.366 e. The second-order valence-corrected chi connectivity index (χ2v) is 10.0. The molecule has 4 aromatic rings. The zero-order valence-electron chi connectivity index (χ0n) is 21.2. The van der Waals surface area contributed by atoms with Crippen molar-refractivity contribution in [2.45, 2.75) is 24.6 Å². The van der Waals surface area contributed by atoms with Crippen molar-refractivity contribution in [1.29, 1.82) is 0 Å². The van der Waals surface area contributed by atoms with Crippen LogP contribution in [0.25, 0.3) is 22.2 Å². The molecule has 3 aromatic carbocycles. The third-order valence-electron chi connectivity index (χ3n) is 6.91. The molecule has 4 N–H and O–H groups in total. The van der Waals surface area contributed by atoms with Crippen LogP contribution < -0.4 is 16.7 Å². The maximum atomic E-state index is 14.4. The fourth-order valence-electron chi connectivity index (χ4n) is 5.29. The van der Waals surface area contributed by atoms with Crippen LogP contribution in [0.3, 0.4) is 0 Å². The van der Waals surface area contributed by atoms with Gasteiger partial charge in [-0.1, -0.05) is 11.6 Å². The number of alkyl halides is 6. The van der Waals surface area contributed by atoms with Crippen molar-refractivity contribution in [2.75, 3.05) is 0 Å². The number of nitrogens with one attached hydrogen (secondary N) is 1. The first kappa shape index (κ1) is 30.0. The highest BCUT2D eigenvalue weighted by Crippen LogP contribution is 2.49. The molecule has 1 atom stereocenters. The van der Waals surface area contributed by atoms with Crippen LogP contribution in [0.5, 0.6) is 0 Å². The predicted octanol–water partition coefficient (Wildman–Crippen LogP) is 4.56. The van der Waals surface area contributed by atoms with Crippen molar-refractivity contribution in [2.24, 2.45) is 12.8 Å². The van der Waals surface area contributed by atoms with Crippen molar-refractivity contribution in [3.05, 3.63) is 91.4 Å². The highest BCUT2D eigenvalue weighted by Gasteiger charge is 2.50. The van der Waals surface area contributed by atoms with Crippen LogP contribution in [0.1, 0.15) is 37.4 Å². The number of rotatable bonds is 4. The summed E-state index contributed by atoms with van der Waals surface area (Å²) in [7, 11) is 0.963. The number of imidazole rings is 1. The van der Waals surface area contributed by atoms with E-state index in [2.05, 4.69) is 5.32 Å². The highest BCUT2D eigenvalue weighted by molar-refractivity contribution is 6.31. The number of carbonyl (C=O) groups is 2. The Morgan fingerprint density at radius 2 is 1.67 bits per heavy atom. The summed E-state index contributed by atoms with van der Waals surface area (Å²) in [4.78, 5) is 38.7. The number of aliphatic hydroxyl groups is 1. The third kappa shape index (κ3) is 4.70. The fourth-order valence-corrected chi connectivity index (χ4v) is 5.54. The SMILES string of the molecule is Cn1c(=O)n(CC(F)(F)F)c2cc(-c3c(C(N)=O)cc(F)cc3C(F)(F)F)c3c(c21)C(=O)NC3(O)c1cc(F)ccc1Cl. The van der Waals surface area contributed by atoms with Crippen LogP contribution in [0, 0.1) is 11.6 Å². The topological polar surface area (TPSA) is 119 Å². The van der Waals surface area contributed by atoms with Gasteiger partial charge in [0.15, 0.2) is 5.72 Å². The Kier molecular flexibility index (Phi) is 6.66. The van der Waals surface area contributed by atoms with Gasteiger partial charge < -0.3 is 16.2 Å². The van der Waals surface area contributed by atoms with E-state index in [4.69, 9.17) is 17.3 Å². The average Bonchev–Trinajstić information content (AvgIpc) is 3.28. The number of amides is 2.